The Bertz CT molecular complexity index is 138. The van der Waals surface area contributed by atoms with Crippen LogP contribution in [0.4, 0.5) is 0 Å². The highest BCUT2D eigenvalue weighted by molar-refractivity contribution is 5.91. The van der Waals surface area contributed by atoms with Gasteiger partial charge in [-0.1, -0.05) is 0 Å². The molecule has 0 aromatic rings. The zero-order chi connectivity index (χ0) is 6.31. The fourth-order valence-electron chi connectivity index (χ4n) is 0.572. The first-order valence-electron chi connectivity index (χ1n) is 2.35. The third-order valence-corrected chi connectivity index (χ3v) is 1.38. The number of nitrogens with zero attached hydrogens (tertiary/aromatic N) is 1. The van der Waals surface area contributed by atoms with Gasteiger partial charge in [0.2, 0.25) is 5.70 Å². The average Bonchev–Trinajstić information content (AvgIpc) is 1.83. The van der Waals surface area contributed by atoms with Gasteiger partial charge < -0.3 is 10.3 Å². The van der Waals surface area contributed by atoms with E-state index in [2.05, 4.69) is 0 Å². The first-order valence-corrected chi connectivity index (χ1v) is 2.35. The Balaban J connectivity index is 2.86. The van der Waals surface area contributed by atoms with E-state index in [-0.39, 0.29) is 5.90 Å². The van der Waals surface area contributed by atoms with Gasteiger partial charge in [0, 0.05) is 6.92 Å². The van der Waals surface area contributed by atoms with Crippen LogP contribution >= 0.6 is 0 Å². The predicted molar refractivity (Wildman–Crippen MR) is 29.6 cm³/mol. The van der Waals surface area contributed by atoms with Crippen molar-refractivity contribution in [1.29, 1.82) is 0 Å². The van der Waals surface area contributed by atoms with Crippen LogP contribution in [0.25, 0.3) is 0 Å². The lowest BCUT2D eigenvalue weighted by atomic mass is 10.2. The van der Waals surface area contributed by atoms with Crippen molar-refractivity contribution in [2.24, 2.45) is 0 Å². The maximum atomic E-state index is 10.3. The van der Waals surface area contributed by atoms with Crippen LogP contribution in [0.2, 0.25) is 0 Å². The quantitative estimate of drug-likeness (QED) is 0.372. The molecule has 0 atom stereocenters. The zero-order valence-corrected chi connectivity index (χ0v) is 4.80. The van der Waals surface area contributed by atoms with E-state index in [9.17, 15) is 5.21 Å². The molecule has 1 aliphatic heterocycles. The van der Waals surface area contributed by atoms with Crippen molar-refractivity contribution in [2.45, 2.75) is 13.8 Å². The number of hydrogen-bond donors (Lipinski definition) is 1. The van der Waals surface area contributed by atoms with Gasteiger partial charge in [-0.2, -0.15) is 0 Å². The van der Waals surface area contributed by atoms with E-state index in [0.29, 0.717) is 16.0 Å². The number of allylic oxidation sites excluding steroid dienone is 1. The van der Waals surface area contributed by atoms with E-state index in [0.717, 1.165) is 0 Å². The van der Waals surface area contributed by atoms with Crippen LogP contribution in [-0.2, 0) is 0 Å². The molecule has 0 aliphatic carbocycles. The molecule has 3 nitrogen and oxygen atoms in total. The molecule has 0 radical (unpaired) electrons. The van der Waals surface area contributed by atoms with Gasteiger partial charge in [-0.3, -0.25) is 0 Å². The normalized spacial score (nSPS) is 19.2. The van der Waals surface area contributed by atoms with Crippen molar-refractivity contribution >= 4 is 5.90 Å². The van der Waals surface area contributed by atoms with Crippen LogP contribution in [0.15, 0.2) is 11.3 Å². The lowest BCUT2D eigenvalue weighted by Crippen LogP contribution is -2.26. The van der Waals surface area contributed by atoms with E-state index in [1.807, 2.05) is 0 Å². The van der Waals surface area contributed by atoms with Gasteiger partial charge in [-0.05, 0) is 6.92 Å². The lowest BCUT2D eigenvalue weighted by Gasteiger charge is -2.13. The predicted octanol–water partition coefficient (Wildman–Crippen LogP) is 0.761. The first kappa shape index (κ1) is 5.15. The van der Waals surface area contributed by atoms with Crippen molar-refractivity contribution in [3.63, 3.8) is 0 Å². The molecular weight excluding hydrogens is 106 g/mol. The summed E-state index contributed by atoms with van der Waals surface area (Å²) in [4.78, 5) is 0. The third-order valence-electron chi connectivity index (χ3n) is 1.38. The molecule has 0 aromatic heterocycles. The van der Waals surface area contributed by atoms with Gasteiger partial charge in [0.25, 0.3) is 0 Å². The Kier molecular flexibility index (Phi) is 0.802. The Labute approximate surface area is 47.2 Å². The van der Waals surface area contributed by atoms with E-state index >= 15 is 0 Å². The second kappa shape index (κ2) is 1.24. The Hall–Kier alpha value is -0.990. The summed E-state index contributed by atoms with van der Waals surface area (Å²) in [5.74, 6) is -0.150. The Morgan fingerprint density at radius 3 is 2.12 bits per heavy atom. The van der Waals surface area contributed by atoms with Crippen LogP contribution in [0, 0.1) is 5.21 Å². The summed E-state index contributed by atoms with van der Waals surface area (Å²) in [6, 6.07) is 0. The molecule has 0 saturated carbocycles. The highest BCUT2D eigenvalue weighted by atomic mass is 16.5. The van der Waals surface area contributed by atoms with E-state index in [4.69, 9.17) is 5.11 Å². The Morgan fingerprint density at radius 1 is 1.50 bits per heavy atom. The molecule has 1 heterocycles. The summed E-state index contributed by atoms with van der Waals surface area (Å²) < 4.78 is 0.509. The summed E-state index contributed by atoms with van der Waals surface area (Å²) >= 11 is 0. The molecule has 0 bridgehead atoms. The maximum absolute atomic E-state index is 10.3. The molecule has 8 heavy (non-hydrogen) atoms. The molecular formula is C5H7NO2. The SMILES string of the molecule is CC1=C(C)[N+]([O-])=C1O. The minimum atomic E-state index is -0.150. The van der Waals surface area contributed by atoms with Gasteiger partial charge in [0.05, 0.1) is 0 Å². The highest BCUT2D eigenvalue weighted by Crippen LogP contribution is 2.14. The third kappa shape index (κ3) is 0.358. The minimum absolute atomic E-state index is 0.150. The van der Waals surface area contributed by atoms with Gasteiger partial charge in [0.1, 0.15) is 5.57 Å². The number of aliphatic hydroxyl groups excluding tert-OH is 1. The summed E-state index contributed by atoms with van der Waals surface area (Å²) in [5, 5.41) is 19.0. The van der Waals surface area contributed by atoms with Gasteiger partial charge in [0.15, 0.2) is 0 Å². The summed E-state index contributed by atoms with van der Waals surface area (Å²) in [5.41, 5.74) is 1.29. The Morgan fingerprint density at radius 2 is 2.00 bits per heavy atom. The first-order chi connectivity index (χ1) is 3.64. The number of aliphatic hydroxyl groups is 1. The van der Waals surface area contributed by atoms with Gasteiger partial charge >= 0.3 is 5.90 Å². The lowest BCUT2D eigenvalue weighted by molar-refractivity contribution is -0.426. The molecule has 1 aliphatic rings. The molecule has 0 fully saturated rings. The van der Waals surface area contributed by atoms with E-state index < -0.39 is 0 Å². The molecule has 44 valence electrons. The molecule has 1 N–H and O–H groups in total. The van der Waals surface area contributed by atoms with Crippen LogP contribution in [0.1, 0.15) is 13.8 Å². The van der Waals surface area contributed by atoms with Crippen LogP contribution < -0.4 is 0 Å². The average molecular weight is 113 g/mol. The topological polar surface area (TPSA) is 46.3 Å². The van der Waals surface area contributed by atoms with Crippen LogP contribution in [0.5, 0.6) is 0 Å². The largest absolute Gasteiger partial charge is 0.616 e. The molecule has 0 amide bonds. The number of hydroxylamine groups is 1. The fraction of sp³-hybridized carbons (Fsp3) is 0.400. The summed E-state index contributed by atoms with van der Waals surface area (Å²) in [6.45, 7) is 3.38. The van der Waals surface area contributed by atoms with Crippen molar-refractivity contribution in [1.82, 2.24) is 0 Å². The van der Waals surface area contributed by atoms with Crippen molar-refractivity contribution < 1.29 is 9.85 Å². The second-order valence-electron chi connectivity index (χ2n) is 1.83. The zero-order valence-electron chi connectivity index (χ0n) is 4.80. The summed E-state index contributed by atoms with van der Waals surface area (Å²) in [6.07, 6.45) is 0. The summed E-state index contributed by atoms with van der Waals surface area (Å²) in [7, 11) is 0. The number of hydrogen-bond acceptors (Lipinski definition) is 1. The maximum Gasteiger partial charge on any atom is 0.386 e. The minimum Gasteiger partial charge on any atom is -0.616 e. The smallest absolute Gasteiger partial charge is 0.386 e. The second-order valence-corrected chi connectivity index (χ2v) is 1.83. The van der Waals surface area contributed by atoms with Gasteiger partial charge in [-0.25, -0.2) is 0 Å². The standard InChI is InChI=1S/C5H7NO2/c1-3-4(2)6(8)5(3)7/h7H,1-2H3. The van der Waals surface area contributed by atoms with E-state index in [1.165, 1.54) is 0 Å². The highest BCUT2D eigenvalue weighted by Gasteiger charge is 2.27. The molecule has 3 heteroatoms. The molecule has 0 unspecified atom stereocenters. The van der Waals surface area contributed by atoms with Crippen molar-refractivity contribution in [2.75, 3.05) is 0 Å². The van der Waals surface area contributed by atoms with Crippen LogP contribution in [-0.4, -0.2) is 15.7 Å². The van der Waals surface area contributed by atoms with Crippen molar-refractivity contribution in [3.8, 4) is 0 Å². The molecule has 1 rings (SSSR count). The van der Waals surface area contributed by atoms with E-state index in [1.54, 1.807) is 13.8 Å². The fourth-order valence-corrected chi connectivity index (χ4v) is 0.572. The monoisotopic (exact) mass is 113 g/mol. The van der Waals surface area contributed by atoms with Crippen LogP contribution in [0.3, 0.4) is 0 Å². The molecule has 0 saturated heterocycles. The van der Waals surface area contributed by atoms with Crippen molar-refractivity contribution in [3.05, 3.63) is 16.5 Å². The molecule has 0 spiro atoms. The number of rotatable bonds is 0. The molecule has 0 aromatic carbocycles. The van der Waals surface area contributed by atoms with Gasteiger partial charge in [-0.15, -0.1) is 4.74 Å².